The van der Waals surface area contributed by atoms with Gasteiger partial charge in [-0.05, 0) is 60.4 Å². The Morgan fingerprint density at radius 3 is 2.37 bits per heavy atom. The van der Waals surface area contributed by atoms with E-state index in [1.54, 1.807) is 37.3 Å². The lowest BCUT2D eigenvalue weighted by Crippen LogP contribution is -2.17. The van der Waals surface area contributed by atoms with Crippen molar-refractivity contribution in [3.05, 3.63) is 48.0 Å². The van der Waals surface area contributed by atoms with Crippen LogP contribution in [0.25, 0.3) is 11.1 Å². The van der Waals surface area contributed by atoms with Crippen LogP contribution in [0, 0.1) is 11.8 Å². The maximum Gasteiger partial charge on any atom is 0.573 e. The summed E-state index contributed by atoms with van der Waals surface area (Å²) in [5.74, 6) is 0.772. The molecule has 0 saturated heterocycles. The van der Waals surface area contributed by atoms with Gasteiger partial charge in [0.2, 0.25) is 0 Å². The molecular weight excluding hydrogens is 361 g/mol. The first-order chi connectivity index (χ1) is 12.7. The van der Waals surface area contributed by atoms with Gasteiger partial charge in [-0.2, -0.15) is 0 Å². The molecule has 0 aromatic heterocycles. The number of Topliss-reactive ketones (excluding diaryl/α,β-unsaturated/α-hetero) is 1. The molecule has 2 aromatic rings. The molecule has 0 bridgehead atoms. The molecule has 1 N–H and O–H groups in total. The van der Waals surface area contributed by atoms with Crippen molar-refractivity contribution in [3.63, 3.8) is 0 Å². The van der Waals surface area contributed by atoms with E-state index in [4.69, 9.17) is 4.74 Å². The van der Waals surface area contributed by atoms with Crippen LogP contribution in [-0.4, -0.2) is 23.9 Å². The van der Waals surface area contributed by atoms with Gasteiger partial charge in [-0.25, -0.2) is 0 Å². The Labute approximate surface area is 154 Å². The number of carbonyl (C=O) groups excluding carboxylic acids is 1. The Morgan fingerprint density at radius 2 is 1.81 bits per heavy atom. The fraction of sp³-hybridized carbons (Fsp3) is 0.350. The fourth-order valence-electron chi connectivity index (χ4n) is 2.99. The van der Waals surface area contributed by atoms with Crippen molar-refractivity contribution in [1.82, 2.24) is 0 Å². The number of aliphatic hydroxyl groups is 1. The minimum atomic E-state index is -4.80. The minimum absolute atomic E-state index is 0.0950. The predicted octanol–water partition coefficient (Wildman–Crippen LogP) is 4.35. The third-order valence-corrected chi connectivity index (χ3v) is 4.48. The maximum atomic E-state index is 12.5. The van der Waals surface area contributed by atoms with Gasteiger partial charge in [-0.15, -0.1) is 13.2 Å². The van der Waals surface area contributed by atoms with E-state index in [0.717, 1.165) is 12.5 Å². The summed E-state index contributed by atoms with van der Waals surface area (Å²) in [6.07, 6.45) is -3.95. The first kappa shape index (κ1) is 19.2. The monoisotopic (exact) mass is 380 g/mol. The van der Waals surface area contributed by atoms with E-state index >= 15 is 0 Å². The van der Waals surface area contributed by atoms with Crippen LogP contribution in [0.5, 0.6) is 11.5 Å². The topological polar surface area (TPSA) is 55.8 Å². The van der Waals surface area contributed by atoms with E-state index in [-0.39, 0.29) is 23.4 Å². The summed E-state index contributed by atoms with van der Waals surface area (Å²) in [6.45, 7) is 1.64. The summed E-state index contributed by atoms with van der Waals surface area (Å²) in [5.41, 5.74) is 1.47. The van der Waals surface area contributed by atoms with Crippen LogP contribution >= 0.6 is 0 Å². The van der Waals surface area contributed by atoms with Crippen molar-refractivity contribution in [2.45, 2.75) is 26.3 Å². The average Bonchev–Trinajstić information content (AvgIpc) is 3.38. The summed E-state index contributed by atoms with van der Waals surface area (Å²) >= 11 is 0. The Kier molecular flexibility index (Phi) is 5.41. The third kappa shape index (κ3) is 5.23. The van der Waals surface area contributed by atoms with Crippen LogP contribution in [-0.2, 0) is 11.4 Å². The molecule has 3 rings (SSSR count). The van der Waals surface area contributed by atoms with Gasteiger partial charge in [0.15, 0.2) is 0 Å². The molecule has 27 heavy (non-hydrogen) atoms. The highest BCUT2D eigenvalue weighted by molar-refractivity contribution is 5.81. The van der Waals surface area contributed by atoms with Crippen molar-refractivity contribution in [2.24, 2.45) is 11.8 Å². The van der Waals surface area contributed by atoms with Gasteiger partial charge in [0.05, 0.1) is 13.2 Å². The quantitative estimate of drug-likeness (QED) is 0.776. The van der Waals surface area contributed by atoms with Crippen molar-refractivity contribution in [3.8, 4) is 22.6 Å². The Hall–Kier alpha value is -2.54. The van der Waals surface area contributed by atoms with Crippen LogP contribution < -0.4 is 9.47 Å². The number of alkyl halides is 3. The van der Waals surface area contributed by atoms with E-state index < -0.39 is 13.0 Å². The highest BCUT2D eigenvalue weighted by Gasteiger charge is 2.41. The summed E-state index contributed by atoms with van der Waals surface area (Å²) in [5, 5.41) is 9.28. The average molecular weight is 380 g/mol. The van der Waals surface area contributed by atoms with Crippen LogP contribution in [0.2, 0.25) is 0 Å². The molecular formula is C20H19F3O4. The van der Waals surface area contributed by atoms with Crippen LogP contribution in [0.4, 0.5) is 13.2 Å². The first-order valence-electron chi connectivity index (χ1n) is 8.49. The Bertz CT molecular complexity index is 815. The molecule has 7 heteroatoms. The normalized spacial score (nSPS) is 18.9. The van der Waals surface area contributed by atoms with E-state index in [1.165, 1.54) is 6.07 Å². The number of halogens is 3. The summed E-state index contributed by atoms with van der Waals surface area (Å²) in [6, 6.07) is 10.9. The summed E-state index contributed by atoms with van der Waals surface area (Å²) in [4.78, 5) is 11.2. The zero-order valence-corrected chi connectivity index (χ0v) is 14.6. The van der Waals surface area contributed by atoms with Gasteiger partial charge in [0, 0.05) is 11.8 Å². The number of benzene rings is 2. The predicted molar refractivity (Wildman–Crippen MR) is 92.3 cm³/mol. The minimum Gasteiger partial charge on any atom is -0.493 e. The maximum absolute atomic E-state index is 12.5. The number of hydrogen-bond donors (Lipinski definition) is 1. The van der Waals surface area contributed by atoms with Gasteiger partial charge in [0.1, 0.15) is 17.3 Å². The molecule has 1 aliphatic carbocycles. The van der Waals surface area contributed by atoms with E-state index in [2.05, 4.69) is 4.74 Å². The van der Waals surface area contributed by atoms with Crippen LogP contribution in [0.3, 0.4) is 0 Å². The molecule has 0 radical (unpaired) electrons. The zero-order chi connectivity index (χ0) is 19.6. The smallest absolute Gasteiger partial charge is 0.493 e. The highest BCUT2D eigenvalue weighted by atomic mass is 19.4. The number of hydrogen-bond acceptors (Lipinski definition) is 4. The molecule has 1 fully saturated rings. The zero-order valence-electron chi connectivity index (χ0n) is 14.6. The first-order valence-corrected chi connectivity index (χ1v) is 8.49. The molecule has 2 unspecified atom stereocenters. The van der Waals surface area contributed by atoms with Gasteiger partial charge in [-0.3, -0.25) is 4.79 Å². The lowest BCUT2D eigenvalue weighted by molar-refractivity contribution is -0.274. The molecule has 2 aromatic carbocycles. The Balaban J connectivity index is 1.70. The van der Waals surface area contributed by atoms with Crippen LogP contribution in [0.1, 0.15) is 18.9 Å². The molecule has 0 heterocycles. The SMILES string of the molecule is CC(=O)C1CC1COc1ccc(-c2cc(CO)cc(OC(F)(F)F)c2)cc1. The van der Waals surface area contributed by atoms with E-state index in [0.29, 0.717) is 29.0 Å². The molecule has 144 valence electrons. The lowest BCUT2D eigenvalue weighted by atomic mass is 10.0. The van der Waals surface area contributed by atoms with Crippen molar-refractivity contribution in [1.29, 1.82) is 0 Å². The van der Waals surface area contributed by atoms with E-state index in [9.17, 15) is 23.1 Å². The number of aliphatic hydroxyl groups excluding tert-OH is 1. The van der Waals surface area contributed by atoms with E-state index in [1.807, 2.05) is 0 Å². The second kappa shape index (κ2) is 7.60. The number of carbonyl (C=O) groups is 1. The molecule has 4 nitrogen and oxygen atoms in total. The van der Waals surface area contributed by atoms with Crippen molar-refractivity contribution >= 4 is 5.78 Å². The summed E-state index contributed by atoms with van der Waals surface area (Å²) < 4.78 is 47.1. The molecule has 2 atom stereocenters. The molecule has 1 saturated carbocycles. The third-order valence-electron chi connectivity index (χ3n) is 4.48. The van der Waals surface area contributed by atoms with Gasteiger partial charge in [-0.1, -0.05) is 12.1 Å². The lowest BCUT2D eigenvalue weighted by Gasteiger charge is -2.13. The second-order valence-electron chi connectivity index (χ2n) is 6.62. The van der Waals surface area contributed by atoms with Crippen molar-refractivity contribution < 1.29 is 32.5 Å². The second-order valence-corrected chi connectivity index (χ2v) is 6.62. The van der Waals surface area contributed by atoms with Crippen molar-refractivity contribution in [2.75, 3.05) is 6.61 Å². The Morgan fingerprint density at radius 1 is 1.11 bits per heavy atom. The highest BCUT2D eigenvalue weighted by Crippen LogP contribution is 2.39. The van der Waals surface area contributed by atoms with Gasteiger partial charge >= 0.3 is 6.36 Å². The number of ether oxygens (including phenoxy) is 2. The number of rotatable bonds is 7. The fourth-order valence-corrected chi connectivity index (χ4v) is 2.99. The van der Waals surface area contributed by atoms with Crippen LogP contribution in [0.15, 0.2) is 42.5 Å². The molecule has 0 spiro atoms. The molecule has 0 amide bonds. The molecule has 0 aliphatic heterocycles. The summed E-state index contributed by atoms with van der Waals surface area (Å²) in [7, 11) is 0. The standard InChI is InChI=1S/C20H19F3O4/c1-12(25)19-9-16(19)11-26-17-4-2-14(3-5-17)15-6-13(10-24)7-18(8-15)27-20(21,22)23/h2-8,16,19,24H,9-11H2,1H3. The van der Waals surface area contributed by atoms with Gasteiger partial charge in [0.25, 0.3) is 0 Å². The molecule has 1 aliphatic rings. The van der Waals surface area contributed by atoms with Gasteiger partial charge < -0.3 is 14.6 Å². The number of ketones is 1. The largest absolute Gasteiger partial charge is 0.573 e.